The molecule has 0 fully saturated rings. The topological polar surface area (TPSA) is 48.6 Å². The quantitative estimate of drug-likeness (QED) is 0.510. The molecule has 2 heterocycles. The van der Waals surface area contributed by atoms with E-state index in [1.54, 1.807) is 0 Å². The van der Waals surface area contributed by atoms with Crippen LogP contribution in [0, 0.1) is 6.92 Å². The van der Waals surface area contributed by atoms with Crippen LogP contribution < -0.4 is 5.56 Å². The molecule has 0 saturated heterocycles. The van der Waals surface area contributed by atoms with E-state index in [0.717, 1.165) is 43.1 Å². The second kappa shape index (κ2) is 4.85. The third-order valence-electron chi connectivity index (χ3n) is 4.03. The van der Waals surface area contributed by atoms with E-state index >= 15 is 0 Å². The van der Waals surface area contributed by atoms with Crippen molar-refractivity contribution >= 4 is 37.9 Å². The lowest BCUT2D eigenvalue weighted by molar-refractivity contribution is 1.24. The van der Waals surface area contributed by atoms with Crippen molar-refractivity contribution in [2.24, 2.45) is 0 Å². The van der Waals surface area contributed by atoms with Gasteiger partial charge in [0.1, 0.15) is 0 Å². The van der Waals surface area contributed by atoms with Crippen LogP contribution in [0.25, 0.3) is 33.1 Å². The van der Waals surface area contributed by atoms with Gasteiger partial charge in [-0.25, -0.2) is 0 Å². The average molecular weight is 353 g/mol. The number of hydrogen-bond acceptors (Lipinski definition) is 1. The van der Waals surface area contributed by atoms with Gasteiger partial charge in [0.25, 0.3) is 5.56 Å². The fourth-order valence-corrected chi connectivity index (χ4v) is 3.32. The monoisotopic (exact) mass is 352 g/mol. The molecule has 3 nitrogen and oxygen atoms in total. The summed E-state index contributed by atoms with van der Waals surface area (Å²) in [7, 11) is 0. The molecule has 0 aliphatic rings. The Bertz CT molecular complexity index is 1060. The summed E-state index contributed by atoms with van der Waals surface area (Å²) >= 11 is 3.49. The number of benzene rings is 2. The molecule has 0 amide bonds. The molecule has 0 unspecified atom stereocenters. The summed E-state index contributed by atoms with van der Waals surface area (Å²) in [6.07, 6.45) is 0. The van der Waals surface area contributed by atoms with Crippen LogP contribution in [0.3, 0.4) is 0 Å². The van der Waals surface area contributed by atoms with Crippen LogP contribution in [-0.4, -0.2) is 9.97 Å². The molecule has 0 saturated carbocycles. The average Bonchev–Trinajstić information content (AvgIpc) is 2.87. The second-order valence-corrected chi connectivity index (χ2v) is 6.30. The Labute approximate surface area is 135 Å². The first-order valence-electron chi connectivity index (χ1n) is 7.04. The number of pyridine rings is 1. The molecule has 2 aromatic carbocycles. The number of aromatic amines is 2. The first-order valence-corrected chi connectivity index (χ1v) is 7.83. The zero-order valence-corrected chi connectivity index (χ0v) is 13.5. The Balaban J connectivity index is 2.22. The fraction of sp³-hybridized carbons (Fsp3) is 0.0556. The van der Waals surface area contributed by atoms with Crippen LogP contribution >= 0.6 is 15.9 Å². The standard InChI is InChI=1S/C18H13BrN2O/c1-10-15(11-5-3-2-4-6-11)17-16(21-18(10)22)13-9-12(19)7-8-14(13)20-17/h2-9,20H,1H3,(H,21,22). The third kappa shape index (κ3) is 1.91. The van der Waals surface area contributed by atoms with Crippen molar-refractivity contribution < 1.29 is 0 Å². The van der Waals surface area contributed by atoms with Gasteiger partial charge in [-0.15, -0.1) is 0 Å². The molecule has 2 N–H and O–H groups in total. The highest BCUT2D eigenvalue weighted by Gasteiger charge is 2.15. The minimum Gasteiger partial charge on any atom is -0.353 e. The van der Waals surface area contributed by atoms with Crippen molar-refractivity contribution in [1.29, 1.82) is 0 Å². The van der Waals surface area contributed by atoms with E-state index < -0.39 is 0 Å². The van der Waals surface area contributed by atoms with Crippen molar-refractivity contribution in [2.75, 3.05) is 0 Å². The van der Waals surface area contributed by atoms with Gasteiger partial charge in [0.2, 0.25) is 0 Å². The lowest BCUT2D eigenvalue weighted by Crippen LogP contribution is -2.10. The van der Waals surface area contributed by atoms with Crippen molar-refractivity contribution in [3.63, 3.8) is 0 Å². The Hall–Kier alpha value is -2.33. The zero-order valence-electron chi connectivity index (χ0n) is 11.9. The SMILES string of the molecule is Cc1c(-c2ccccc2)c2[nH]c3ccc(Br)cc3c2[nH]c1=O. The summed E-state index contributed by atoms with van der Waals surface area (Å²) in [5.74, 6) is 0. The van der Waals surface area contributed by atoms with Crippen molar-refractivity contribution in [3.8, 4) is 11.1 Å². The smallest absolute Gasteiger partial charge is 0.252 e. The zero-order chi connectivity index (χ0) is 15.3. The largest absolute Gasteiger partial charge is 0.353 e. The number of rotatable bonds is 1. The van der Waals surface area contributed by atoms with Gasteiger partial charge in [-0.3, -0.25) is 4.79 Å². The molecule has 2 aromatic heterocycles. The second-order valence-electron chi connectivity index (χ2n) is 5.39. The Morgan fingerprint density at radius 1 is 0.955 bits per heavy atom. The molecule has 0 aliphatic heterocycles. The number of hydrogen-bond donors (Lipinski definition) is 2. The maximum Gasteiger partial charge on any atom is 0.252 e. The summed E-state index contributed by atoms with van der Waals surface area (Å²) < 4.78 is 0.989. The molecule has 0 spiro atoms. The number of H-pyrrole nitrogens is 2. The lowest BCUT2D eigenvalue weighted by Gasteiger charge is -2.07. The van der Waals surface area contributed by atoms with Gasteiger partial charge in [0, 0.05) is 26.5 Å². The van der Waals surface area contributed by atoms with E-state index in [1.165, 1.54) is 0 Å². The summed E-state index contributed by atoms with van der Waals surface area (Å²) in [4.78, 5) is 18.8. The first kappa shape index (κ1) is 13.3. The predicted molar refractivity (Wildman–Crippen MR) is 94.3 cm³/mol. The predicted octanol–water partition coefficient (Wildman–Crippen LogP) is 4.75. The molecule has 0 radical (unpaired) electrons. The summed E-state index contributed by atoms with van der Waals surface area (Å²) in [5, 5.41) is 1.01. The van der Waals surface area contributed by atoms with Crippen molar-refractivity contribution in [2.45, 2.75) is 6.92 Å². The Morgan fingerprint density at radius 2 is 1.73 bits per heavy atom. The van der Waals surface area contributed by atoms with Gasteiger partial charge in [-0.05, 0) is 30.7 Å². The Kier molecular flexibility index (Phi) is 2.94. The minimum atomic E-state index is -0.0489. The van der Waals surface area contributed by atoms with E-state index in [-0.39, 0.29) is 5.56 Å². The summed E-state index contributed by atoms with van der Waals surface area (Å²) in [6.45, 7) is 1.86. The highest BCUT2D eigenvalue weighted by Crippen LogP contribution is 2.33. The normalized spacial score (nSPS) is 11.4. The van der Waals surface area contributed by atoms with Gasteiger partial charge in [0.15, 0.2) is 0 Å². The molecule has 0 aliphatic carbocycles. The highest BCUT2D eigenvalue weighted by atomic mass is 79.9. The van der Waals surface area contributed by atoms with Gasteiger partial charge in [-0.1, -0.05) is 46.3 Å². The molecule has 4 aromatic rings. The van der Waals surface area contributed by atoms with E-state index in [0.29, 0.717) is 0 Å². The molecule has 22 heavy (non-hydrogen) atoms. The highest BCUT2D eigenvalue weighted by molar-refractivity contribution is 9.10. The lowest BCUT2D eigenvalue weighted by atomic mass is 10.0. The molecule has 4 rings (SSSR count). The minimum absolute atomic E-state index is 0.0489. The molecular weight excluding hydrogens is 340 g/mol. The molecule has 0 bridgehead atoms. The van der Waals surface area contributed by atoms with E-state index in [4.69, 9.17) is 0 Å². The number of aromatic nitrogens is 2. The number of nitrogens with one attached hydrogen (secondary N) is 2. The van der Waals surface area contributed by atoms with Crippen LogP contribution in [-0.2, 0) is 0 Å². The molecule has 108 valence electrons. The summed E-state index contributed by atoms with van der Waals surface area (Å²) in [6, 6.07) is 16.0. The summed E-state index contributed by atoms with van der Waals surface area (Å²) in [5.41, 5.74) is 5.52. The van der Waals surface area contributed by atoms with E-state index in [1.807, 2.05) is 55.5 Å². The van der Waals surface area contributed by atoms with E-state index in [9.17, 15) is 4.79 Å². The number of halogens is 1. The van der Waals surface area contributed by atoms with Crippen LogP contribution in [0.2, 0.25) is 0 Å². The maximum absolute atomic E-state index is 12.4. The Morgan fingerprint density at radius 3 is 2.50 bits per heavy atom. The number of fused-ring (bicyclic) bond motifs is 3. The van der Waals surface area contributed by atoms with E-state index in [2.05, 4.69) is 25.9 Å². The fourth-order valence-electron chi connectivity index (χ4n) is 2.96. The third-order valence-corrected chi connectivity index (χ3v) is 4.52. The molecule has 0 atom stereocenters. The van der Waals surface area contributed by atoms with Gasteiger partial charge < -0.3 is 9.97 Å². The maximum atomic E-state index is 12.4. The van der Waals surface area contributed by atoms with Crippen LogP contribution in [0.4, 0.5) is 0 Å². The van der Waals surface area contributed by atoms with Gasteiger partial charge in [0.05, 0.1) is 11.0 Å². The molecular formula is C18H13BrN2O. The van der Waals surface area contributed by atoms with Crippen LogP contribution in [0.1, 0.15) is 5.56 Å². The van der Waals surface area contributed by atoms with Crippen LogP contribution in [0.15, 0.2) is 57.8 Å². The molecule has 4 heteroatoms. The van der Waals surface area contributed by atoms with Gasteiger partial charge >= 0.3 is 0 Å². The van der Waals surface area contributed by atoms with Crippen molar-refractivity contribution in [1.82, 2.24) is 9.97 Å². The van der Waals surface area contributed by atoms with Crippen LogP contribution in [0.5, 0.6) is 0 Å². The van der Waals surface area contributed by atoms with Crippen molar-refractivity contribution in [3.05, 3.63) is 68.9 Å². The first-order chi connectivity index (χ1) is 10.6. The van der Waals surface area contributed by atoms with Gasteiger partial charge in [-0.2, -0.15) is 0 Å².